The van der Waals surface area contributed by atoms with Crippen LogP contribution in [0.3, 0.4) is 0 Å². The Morgan fingerprint density at radius 3 is 2.58 bits per heavy atom. The molecule has 0 atom stereocenters. The third-order valence-corrected chi connectivity index (χ3v) is 3.84. The lowest BCUT2D eigenvalue weighted by Gasteiger charge is -2.46. The predicted molar refractivity (Wildman–Crippen MR) is 72.9 cm³/mol. The number of morpholine rings is 1. The lowest BCUT2D eigenvalue weighted by Crippen LogP contribution is -2.56. The fourth-order valence-corrected chi connectivity index (χ4v) is 2.80. The molecule has 0 radical (unpaired) electrons. The number of ether oxygens (including phenoxy) is 2. The van der Waals surface area contributed by atoms with Crippen LogP contribution in [0.1, 0.15) is 46.5 Å². The van der Waals surface area contributed by atoms with Crippen LogP contribution in [0.4, 0.5) is 4.79 Å². The van der Waals surface area contributed by atoms with Crippen LogP contribution in [0.25, 0.3) is 0 Å². The fraction of sp³-hybridized carbons (Fsp3) is 0.929. The minimum Gasteiger partial charge on any atom is -0.444 e. The van der Waals surface area contributed by atoms with Gasteiger partial charge in [0.2, 0.25) is 0 Å². The van der Waals surface area contributed by atoms with Crippen molar-refractivity contribution in [3.8, 4) is 0 Å². The third kappa shape index (κ3) is 3.83. The summed E-state index contributed by atoms with van der Waals surface area (Å²) in [5.41, 5.74) is 5.31. The van der Waals surface area contributed by atoms with E-state index in [9.17, 15) is 4.79 Å². The van der Waals surface area contributed by atoms with Crippen molar-refractivity contribution in [2.24, 2.45) is 5.73 Å². The van der Waals surface area contributed by atoms with Gasteiger partial charge in [-0.25, -0.2) is 4.79 Å². The van der Waals surface area contributed by atoms with Crippen molar-refractivity contribution in [1.82, 2.24) is 4.90 Å². The van der Waals surface area contributed by atoms with Gasteiger partial charge in [-0.1, -0.05) is 0 Å². The second-order valence-corrected chi connectivity index (χ2v) is 6.77. The minimum absolute atomic E-state index is 0.189. The molecule has 0 aromatic heterocycles. The molecule has 1 saturated carbocycles. The highest BCUT2D eigenvalue weighted by atomic mass is 16.6. The summed E-state index contributed by atoms with van der Waals surface area (Å²) in [6, 6.07) is 0.283. The van der Waals surface area contributed by atoms with Crippen LogP contribution in [0, 0.1) is 0 Å². The first kappa shape index (κ1) is 14.6. The number of amides is 1. The van der Waals surface area contributed by atoms with Crippen LogP contribution in [0.2, 0.25) is 0 Å². The van der Waals surface area contributed by atoms with E-state index in [0.717, 1.165) is 25.7 Å². The van der Waals surface area contributed by atoms with E-state index in [-0.39, 0.29) is 17.7 Å². The summed E-state index contributed by atoms with van der Waals surface area (Å²) < 4.78 is 11.4. The van der Waals surface area contributed by atoms with E-state index < -0.39 is 5.60 Å². The Morgan fingerprint density at radius 1 is 1.37 bits per heavy atom. The van der Waals surface area contributed by atoms with E-state index in [0.29, 0.717) is 19.7 Å². The van der Waals surface area contributed by atoms with Crippen LogP contribution in [0.15, 0.2) is 0 Å². The maximum absolute atomic E-state index is 12.1. The van der Waals surface area contributed by atoms with Gasteiger partial charge in [0.25, 0.3) is 0 Å². The van der Waals surface area contributed by atoms with E-state index in [1.807, 2.05) is 20.8 Å². The Bertz CT molecular complexity index is 330. The van der Waals surface area contributed by atoms with Crippen LogP contribution in [-0.4, -0.2) is 47.9 Å². The van der Waals surface area contributed by atoms with Crippen LogP contribution in [-0.2, 0) is 9.47 Å². The Balaban J connectivity index is 1.95. The van der Waals surface area contributed by atoms with Crippen LogP contribution >= 0.6 is 0 Å². The molecule has 0 unspecified atom stereocenters. The molecule has 1 aliphatic heterocycles. The van der Waals surface area contributed by atoms with Crippen molar-refractivity contribution in [3.63, 3.8) is 0 Å². The van der Waals surface area contributed by atoms with Gasteiger partial charge < -0.3 is 20.1 Å². The lowest BCUT2D eigenvalue weighted by atomic mass is 9.81. The Hall–Kier alpha value is -0.810. The van der Waals surface area contributed by atoms with Gasteiger partial charge in [0.05, 0.1) is 18.8 Å². The second kappa shape index (κ2) is 5.29. The minimum atomic E-state index is -0.447. The molecule has 1 aliphatic carbocycles. The molecule has 0 aromatic rings. The Morgan fingerprint density at radius 2 is 2.00 bits per heavy atom. The van der Waals surface area contributed by atoms with Crippen LogP contribution in [0.5, 0.6) is 0 Å². The molecule has 1 amide bonds. The molecule has 19 heavy (non-hydrogen) atoms. The molecule has 0 aromatic carbocycles. The summed E-state index contributed by atoms with van der Waals surface area (Å²) in [4.78, 5) is 13.9. The molecule has 2 fully saturated rings. The first-order chi connectivity index (χ1) is 8.80. The van der Waals surface area contributed by atoms with Gasteiger partial charge in [-0.3, -0.25) is 0 Å². The first-order valence-electron chi connectivity index (χ1n) is 7.17. The molecular weight excluding hydrogens is 244 g/mol. The van der Waals surface area contributed by atoms with Gasteiger partial charge in [0.1, 0.15) is 5.60 Å². The molecule has 5 heteroatoms. The SMILES string of the molecule is CC(C)(C)OC(=O)N1CCOC2(CCC(N)CC2)C1. The smallest absolute Gasteiger partial charge is 0.410 e. The van der Waals surface area contributed by atoms with Crippen LogP contribution < -0.4 is 5.73 Å². The first-order valence-corrected chi connectivity index (χ1v) is 7.17. The zero-order valence-electron chi connectivity index (χ0n) is 12.3. The van der Waals surface area contributed by atoms with Crippen molar-refractivity contribution in [1.29, 1.82) is 0 Å². The molecule has 1 heterocycles. The number of carbonyl (C=O) groups excluding carboxylic acids is 1. The number of hydrogen-bond acceptors (Lipinski definition) is 4. The van der Waals surface area contributed by atoms with E-state index in [2.05, 4.69) is 0 Å². The largest absolute Gasteiger partial charge is 0.444 e. The van der Waals surface area contributed by atoms with Crippen molar-refractivity contribution in [3.05, 3.63) is 0 Å². The number of carbonyl (C=O) groups is 1. The van der Waals surface area contributed by atoms with Gasteiger partial charge in [0, 0.05) is 12.6 Å². The highest BCUT2D eigenvalue weighted by molar-refractivity contribution is 5.68. The van der Waals surface area contributed by atoms with Crippen molar-refractivity contribution < 1.29 is 14.3 Å². The fourth-order valence-electron chi connectivity index (χ4n) is 2.80. The molecule has 2 aliphatic rings. The average molecular weight is 270 g/mol. The van der Waals surface area contributed by atoms with E-state index in [4.69, 9.17) is 15.2 Å². The third-order valence-electron chi connectivity index (χ3n) is 3.84. The maximum Gasteiger partial charge on any atom is 0.410 e. The molecule has 2 N–H and O–H groups in total. The lowest BCUT2D eigenvalue weighted by molar-refractivity contribution is -0.126. The molecule has 2 rings (SSSR count). The van der Waals surface area contributed by atoms with Gasteiger partial charge in [-0.2, -0.15) is 0 Å². The van der Waals surface area contributed by atoms with Crippen molar-refractivity contribution in [2.45, 2.75) is 63.7 Å². The molecule has 1 spiro atoms. The molecule has 0 bridgehead atoms. The average Bonchev–Trinajstić information content (AvgIpc) is 2.32. The molecular formula is C14H26N2O3. The normalized spacial score (nSPS) is 32.4. The van der Waals surface area contributed by atoms with Gasteiger partial charge >= 0.3 is 6.09 Å². The summed E-state index contributed by atoms with van der Waals surface area (Å²) in [5, 5.41) is 0. The Labute approximate surface area is 115 Å². The zero-order valence-corrected chi connectivity index (χ0v) is 12.3. The number of rotatable bonds is 0. The molecule has 1 saturated heterocycles. The number of nitrogens with zero attached hydrogens (tertiary/aromatic N) is 1. The molecule has 110 valence electrons. The number of nitrogens with two attached hydrogens (primary N) is 1. The highest BCUT2D eigenvalue weighted by Gasteiger charge is 2.41. The second-order valence-electron chi connectivity index (χ2n) is 6.77. The van der Waals surface area contributed by atoms with Gasteiger partial charge in [-0.05, 0) is 46.5 Å². The van der Waals surface area contributed by atoms with E-state index in [1.54, 1.807) is 4.90 Å². The van der Waals surface area contributed by atoms with Crippen molar-refractivity contribution >= 4 is 6.09 Å². The van der Waals surface area contributed by atoms with E-state index >= 15 is 0 Å². The van der Waals surface area contributed by atoms with Gasteiger partial charge in [-0.15, -0.1) is 0 Å². The van der Waals surface area contributed by atoms with Crippen molar-refractivity contribution in [2.75, 3.05) is 19.7 Å². The summed E-state index contributed by atoms with van der Waals surface area (Å²) in [6.45, 7) is 7.51. The summed E-state index contributed by atoms with van der Waals surface area (Å²) in [5.74, 6) is 0. The quantitative estimate of drug-likeness (QED) is 0.730. The maximum atomic E-state index is 12.1. The monoisotopic (exact) mass is 270 g/mol. The Kier molecular flexibility index (Phi) is 4.06. The topological polar surface area (TPSA) is 64.8 Å². The molecule has 5 nitrogen and oxygen atoms in total. The zero-order chi connectivity index (χ0) is 14.1. The summed E-state index contributed by atoms with van der Waals surface area (Å²) >= 11 is 0. The highest BCUT2D eigenvalue weighted by Crippen LogP contribution is 2.34. The van der Waals surface area contributed by atoms with Gasteiger partial charge in [0.15, 0.2) is 0 Å². The predicted octanol–water partition coefficient (Wildman–Crippen LogP) is 1.89. The van der Waals surface area contributed by atoms with E-state index in [1.165, 1.54) is 0 Å². The summed E-state index contributed by atoms with van der Waals surface area (Å²) in [7, 11) is 0. The summed E-state index contributed by atoms with van der Waals surface area (Å²) in [6.07, 6.45) is 3.59. The number of hydrogen-bond donors (Lipinski definition) is 1. The standard InChI is InChI=1S/C14H26N2O3/c1-13(2,3)19-12(17)16-8-9-18-14(10-16)6-4-11(15)5-7-14/h11H,4-10,15H2,1-3H3.